The van der Waals surface area contributed by atoms with E-state index >= 15 is 0 Å². The number of fused-ring (bicyclic) bond motifs is 3. The van der Waals surface area contributed by atoms with Crippen LogP contribution in [-0.2, 0) is 6.54 Å². The van der Waals surface area contributed by atoms with Crippen molar-refractivity contribution in [3.63, 3.8) is 0 Å². The number of para-hydroxylation sites is 2. The average molecular weight is 324 g/mol. The van der Waals surface area contributed by atoms with Gasteiger partial charge in [0.15, 0.2) is 0 Å². The minimum atomic E-state index is -0.522. The van der Waals surface area contributed by atoms with Gasteiger partial charge in [0.05, 0.1) is 11.0 Å². The molecule has 3 heterocycles. The van der Waals surface area contributed by atoms with Gasteiger partial charge in [-0.05, 0) is 24.3 Å². The van der Waals surface area contributed by atoms with E-state index in [1.54, 1.807) is 8.97 Å². The van der Waals surface area contributed by atoms with Gasteiger partial charge in [0.1, 0.15) is 5.69 Å². The van der Waals surface area contributed by atoms with Gasteiger partial charge in [0.25, 0.3) is 17.4 Å². The number of H-pyrrole nitrogens is 1. The number of aromatic amines is 1. The van der Waals surface area contributed by atoms with Crippen molar-refractivity contribution in [1.82, 2.24) is 34.6 Å². The lowest BCUT2D eigenvalue weighted by Crippen LogP contribution is -2.22. The van der Waals surface area contributed by atoms with Crippen LogP contribution in [-0.4, -0.2) is 40.5 Å². The van der Waals surface area contributed by atoms with Gasteiger partial charge in [0, 0.05) is 12.7 Å². The molecule has 0 aliphatic heterocycles. The molecule has 0 spiro atoms. The van der Waals surface area contributed by atoms with Crippen LogP contribution in [0.25, 0.3) is 16.7 Å². The van der Waals surface area contributed by atoms with Crippen molar-refractivity contribution < 1.29 is 4.79 Å². The number of hydrogen-bond acceptors (Lipinski definition) is 6. The lowest BCUT2D eigenvalue weighted by Gasteiger charge is -2.09. The molecule has 0 saturated carbocycles. The zero-order chi connectivity index (χ0) is 16.7. The second kappa shape index (κ2) is 5.26. The number of carbonyl (C=O) groups is 1. The van der Waals surface area contributed by atoms with Crippen LogP contribution in [0.4, 0.5) is 5.95 Å². The number of carbonyl (C=O) groups excluding carboxylic acids is 1. The van der Waals surface area contributed by atoms with E-state index in [4.69, 9.17) is 0 Å². The fraction of sp³-hybridized carbons (Fsp3) is 0.143. The highest BCUT2D eigenvalue weighted by Crippen LogP contribution is 2.15. The van der Waals surface area contributed by atoms with Crippen LogP contribution < -0.4 is 10.9 Å². The van der Waals surface area contributed by atoms with E-state index in [1.165, 1.54) is 6.20 Å². The number of hydrogen-bond donors (Lipinski definition) is 2. The van der Waals surface area contributed by atoms with E-state index in [1.807, 2.05) is 31.2 Å². The summed E-state index contributed by atoms with van der Waals surface area (Å²) in [5.74, 6) is -0.487. The number of rotatable bonds is 3. The van der Waals surface area contributed by atoms with E-state index in [2.05, 4.69) is 30.9 Å². The lowest BCUT2D eigenvalue weighted by molar-refractivity contribution is 0.102. The molecule has 0 bridgehead atoms. The third-order valence-corrected chi connectivity index (χ3v) is 3.69. The fourth-order valence-electron chi connectivity index (χ4n) is 2.64. The van der Waals surface area contributed by atoms with Crippen LogP contribution in [0.1, 0.15) is 17.4 Å². The molecule has 0 saturated heterocycles. The van der Waals surface area contributed by atoms with E-state index < -0.39 is 5.91 Å². The van der Waals surface area contributed by atoms with Crippen molar-refractivity contribution in [3.05, 3.63) is 46.5 Å². The van der Waals surface area contributed by atoms with Gasteiger partial charge in [-0.15, -0.1) is 5.10 Å². The summed E-state index contributed by atoms with van der Waals surface area (Å²) in [6.45, 7) is 2.39. The van der Waals surface area contributed by atoms with Crippen LogP contribution in [0.2, 0.25) is 0 Å². The number of imidazole rings is 1. The summed E-state index contributed by atoms with van der Waals surface area (Å²) in [6.07, 6.45) is 1.52. The number of nitrogens with one attached hydrogen (secondary N) is 2. The summed E-state index contributed by atoms with van der Waals surface area (Å²) in [5.41, 5.74) is 1.60. The van der Waals surface area contributed by atoms with Gasteiger partial charge in [-0.3, -0.25) is 19.3 Å². The smallest absolute Gasteiger partial charge is 0.294 e. The molecule has 120 valence electrons. The highest BCUT2D eigenvalue weighted by Gasteiger charge is 2.17. The number of aryl methyl sites for hydroxylation is 1. The molecule has 10 heteroatoms. The van der Waals surface area contributed by atoms with Crippen LogP contribution in [0.3, 0.4) is 0 Å². The molecule has 4 aromatic rings. The summed E-state index contributed by atoms with van der Waals surface area (Å²) in [6, 6.07) is 7.46. The first-order valence-electron chi connectivity index (χ1n) is 7.24. The maximum absolute atomic E-state index is 12.6. The summed E-state index contributed by atoms with van der Waals surface area (Å²) in [5, 5.41) is 15.4. The first kappa shape index (κ1) is 14.1. The molecule has 24 heavy (non-hydrogen) atoms. The minimum absolute atomic E-state index is 0.0351. The Kier molecular flexibility index (Phi) is 3.08. The predicted molar refractivity (Wildman–Crippen MR) is 84.8 cm³/mol. The zero-order valence-corrected chi connectivity index (χ0v) is 12.6. The second-order valence-electron chi connectivity index (χ2n) is 5.05. The van der Waals surface area contributed by atoms with Gasteiger partial charge in [0.2, 0.25) is 5.65 Å². The summed E-state index contributed by atoms with van der Waals surface area (Å²) < 4.78 is 3.24. The first-order valence-corrected chi connectivity index (χ1v) is 7.24. The third-order valence-electron chi connectivity index (χ3n) is 3.69. The second-order valence-corrected chi connectivity index (χ2v) is 5.05. The Hall–Kier alpha value is -3.56. The number of anilines is 1. The zero-order valence-electron chi connectivity index (χ0n) is 12.6. The van der Waals surface area contributed by atoms with E-state index in [9.17, 15) is 9.59 Å². The summed E-state index contributed by atoms with van der Waals surface area (Å²) >= 11 is 0. The van der Waals surface area contributed by atoms with Gasteiger partial charge < -0.3 is 4.57 Å². The maximum atomic E-state index is 12.6. The van der Waals surface area contributed by atoms with Crippen LogP contribution >= 0.6 is 0 Å². The van der Waals surface area contributed by atoms with Gasteiger partial charge >= 0.3 is 0 Å². The Morgan fingerprint density at radius 3 is 2.79 bits per heavy atom. The third kappa shape index (κ3) is 2.04. The Morgan fingerprint density at radius 1 is 1.29 bits per heavy atom. The fourth-order valence-corrected chi connectivity index (χ4v) is 2.64. The number of benzene rings is 1. The van der Waals surface area contributed by atoms with Gasteiger partial charge in [-0.2, -0.15) is 5.21 Å². The number of amides is 1. The monoisotopic (exact) mass is 324 g/mol. The molecular weight excluding hydrogens is 312 g/mol. The molecule has 4 rings (SSSR count). The average Bonchev–Trinajstić information content (AvgIpc) is 3.25. The highest BCUT2D eigenvalue weighted by atomic mass is 16.2. The molecule has 0 atom stereocenters. The normalized spacial score (nSPS) is 11.2. The molecule has 3 aromatic heterocycles. The molecular formula is C14H12N8O2. The quantitative estimate of drug-likeness (QED) is 0.563. The van der Waals surface area contributed by atoms with Crippen LogP contribution in [0, 0.1) is 0 Å². The topological polar surface area (TPSA) is 123 Å². The molecule has 0 fully saturated rings. The Bertz CT molecular complexity index is 1110. The Balaban J connectivity index is 1.92. The van der Waals surface area contributed by atoms with Gasteiger partial charge in [-0.25, -0.2) is 4.98 Å². The highest BCUT2D eigenvalue weighted by molar-refractivity contribution is 6.02. The molecule has 0 aliphatic carbocycles. The molecule has 0 radical (unpaired) electrons. The summed E-state index contributed by atoms with van der Waals surface area (Å²) in [4.78, 5) is 29.1. The van der Waals surface area contributed by atoms with Crippen LogP contribution in [0.5, 0.6) is 0 Å². The minimum Gasteiger partial charge on any atom is -0.304 e. The standard InChI is InChI=1S/C14H12N8O2/c1-2-21-9-5-3-4-6-10(9)22-7-8(15-11(22)13(21)24)12(23)16-14-17-19-20-18-14/h3-7H,2H2,1H3,(H2,16,17,18,19,20,23). The molecule has 2 N–H and O–H groups in total. The van der Waals surface area contributed by atoms with Gasteiger partial charge in [-0.1, -0.05) is 17.2 Å². The Morgan fingerprint density at radius 2 is 2.08 bits per heavy atom. The van der Waals surface area contributed by atoms with E-state index in [-0.39, 0.29) is 22.8 Å². The van der Waals surface area contributed by atoms with Crippen molar-refractivity contribution in [3.8, 4) is 0 Å². The van der Waals surface area contributed by atoms with E-state index in [0.29, 0.717) is 6.54 Å². The summed E-state index contributed by atoms with van der Waals surface area (Å²) in [7, 11) is 0. The van der Waals surface area contributed by atoms with E-state index in [0.717, 1.165) is 11.0 Å². The van der Waals surface area contributed by atoms with Crippen molar-refractivity contribution in [2.75, 3.05) is 5.32 Å². The van der Waals surface area contributed by atoms with Crippen molar-refractivity contribution in [2.45, 2.75) is 13.5 Å². The maximum Gasteiger partial charge on any atom is 0.294 e. The molecule has 1 aromatic carbocycles. The Labute approximate surface area is 134 Å². The molecule has 0 aliphatic rings. The molecule has 0 unspecified atom stereocenters. The van der Waals surface area contributed by atoms with Crippen LogP contribution in [0.15, 0.2) is 35.3 Å². The first-order chi connectivity index (χ1) is 11.7. The SMILES string of the molecule is CCn1c(=O)c2nc(C(=O)Nc3nn[nH]n3)cn2c2ccccc21. The largest absolute Gasteiger partial charge is 0.304 e. The lowest BCUT2D eigenvalue weighted by atomic mass is 10.3. The predicted octanol–water partition coefficient (Wildman–Crippen LogP) is 0.434. The van der Waals surface area contributed by atoms with Crippen molar-refractivity contribution in [2.24, 2.45) is 0 Å². The number of aromatic nitrogens is 7. The van der Waals surface area contributed by atoms with Crippen molar-refractivity contribution in [1.29, 1.82) is 0 Å². The number of nitrogens with zero attached hydrogens (tertiary/aromatic N) is 6. The molecule has 1 amide bonds. The molecule has 10 nitrogen and oxygen atoms in total. The number of tetrazole rings is 1. The van der Waals surface area contributed by atoms with Crippen molar-refractivity contribution >= 4 is 28.5 Å².